The molecule has 4 unspecified atom stereocenters. The minimum absolute atomic E-state index is 0.0705. The van der Waals surface area contributed by atoms with E-state index in [1.165, 1.54) is 23.9 Å². The number of H-pyrrole nitrogens is 1. The Morgan fingerprint density at radius 1 is 0.831 bits per heavy atom. The number of nitrogens with one attached hydrogen (secondary N) is 3. The van der Waals surface area contributed by atoms with Gasteiger partial charge in [0.1, 0.15) is 30.5 Å². The second-order valence-electron chi connectivity index (χ2n) is 14.5. The molecule has 3 aromatic heterocycles. The maximum absolute atomic E-state index is 12.9. The maximum atomic E-state index is 12.9. The van der Waals surface area contributed by atoms with E-state index in [0.717, 1.165) is 23.2 Å². The molecule has 30 nitrogen and oxygen atoms in total. The fraction of sp³-hybridized carbons (Fsp3) is 0.500. The molecular weight excluding hydrogens is 1090 g/mol. The lowest BCUT2D eigenvalue weighted by Crippen LogP contribution is -2.41. The Bertz CT molecular complexity index is 2840. The maximum Gasteiger partial charge on any atom is 0.490 e. The van der Waals surface area contributed by atoms with Crippen LogP contribution in [0, 0.1) is 0 Å². The van der Waals surface area contributed by atoms with Crippen LogP contribution < -0.4 is 21.9 Å². The highest BCUT2D eigenvalue weighted by molar-refractivity contribution is 7.99. The van der Waals surface area contributed by atoms with Crippen LogP contribution in [0.3, 0.4) is 0 Å². The van der Waals surface area contributed by atoms with Gasteiger partial charge in [0.2, 0.25) is 0 Å². The number of fused-ring (bicyclic) bond motifs is 1. The number of para-hydroxylation sites is 1. The Kier molecular flexibility index (Phi) is 18.6. The minimum Gasteiger partial charge on any atom is -0.438 e. The molecule has 0 spiro atoms. The Hall–Kier alpha value is -3.63. The molecule has 39 heteroatoms. The molecule has 71 heavy (non-hydrogen) atoms. The monoisotopic (exact) mass is 1130 g/mol. The van der Waals surface area contributed by atoms with Crippen LogP contribution >= 0.6 is 54.8 Å². The average molecular weight is 1130 g/mol. The summed E-state index contributed by atoms with van der Waals surface area (Å²) in [5.74, 6) is 0.231. The van der Waals surface area contributed by atoms with E-state index < -0.39 is 129 Å². The molecule has 0 saturated carbocycles. The topological polar surface area (TPSA) is 423 Å². The van der Waals surface area contributed by atoms with E-state index in [2.05, 4.69) is 47.6 Å². The summed E-state index contributed by atoms with van der Waals surface area (Å²) >= 11 is 2.12. The molecule has 12 atom stereocenters. The number of aromatic nitrogens is 6. The molecule has 0 aliphatic carbocycles. The number of hydrogen-bond acceptors (Lipinski definition) is 24. The van der Waals surface area contributed by atoms with Crippen LogP contribution in [0.5, 0.6) is 0 Å². The van der Waals surface area contributed by atoms with Gasteiger partial charge in [-0.2, -0.15) is 37.9 Å². The molecule has 394 valence electrons. The van der Waals surface area contributed by atoms with Crippen LogP contribution in [-0.2, 0) is 54.5 Å². The van der Waals surface area contributed by atoms with Crippen molar-refractivity contribution in [2.75, 3.05) is 48.2 Å². The van der Waals surface area contributed by atoms with E-state index in [1.54, 1.807) is 18.2 Å². The molecular formula is C32H41F3N8O22P4S2. The van der Waals surface area contributed by atoms with Crippen LogP contribution in [-0.4, -0.2) is 150 Å². The molecule has 2 aliphatic rings. The summed E-state index contributed by atoms with van der Waals surface area (Å²) in [6, 6.07) is 8.53. The van der Waals surface area contributed by atoms with Gasteiger partial charge in [-0.1, -0.05) is 30.0 Å². The van der Waals surface area contributed by atoms with Gasteiger partial charge in [0.25, 0.3) is 5.56 Å². The zero-order valence-corrected chi connectivity index (χ0v) is 40.9. The molecule has 6 rings (SSSR count). The standard InChI is InChI=1S/C32H41F3N8O22P4S2/c1-70-12-9-36-25-20-26(41-29(40-25)71-11-8-32(33,34)35)43(15-37-20)27-23(47)21(45)17(60-27)13-58-66(50,51)63-68(54,55)65-69(56,57)64-67(52,53)59-14-18-22(46)24(62-31(49)38-16-5-3-2-4-6-16)28(61-18)42-10-7-19(44)39-30(42)48/h2-7,10,15,17-18,21-24,27-28,45-47H,8-9,11-14H2,1H3,(H,38,49)(H,50,51)(H,52,53)(H,54,55)(H,56,57)(H,36,40,41)(H,39,44,48)/t17-,18+,21-,22+,23-,24+,27-,28+/m1/s1. The number of aromatic amines is 1. The van der Waals surface area contributed by atoms with E-state index in [4.69, 9.17) is 14.2 Å². The van der Waals surface area contributed by atoms with Crippen molar-refractivity contribution >= 4 is 83.6 Å². The lowest BCUT2D eigenvalue weighted by Gasteiger charge is -2.22. The van der Waals surface area contributed by atoms with Gasteiger partial charge in [-0.05, 0) is 18.4 Å². The number of aliphatic hydroxyl groups excluding tert-OH is 3. The molecule has 1 aromatic carbocycles. The molecule has 4 aromatic rings. The third-order valence-electron chi connectivity index (χ3n) is 9.35. The first-order valence-corrected chi connectivity index (χ1v) is 28.1. The zero-order chi connectivity index (χ0) is 52.1. The smallest absolute Gasteiger partial charge is 0.438 e. The van der Waals surface area contributed by atoms with E-state index in [0.29, 0.717) is 28.6 Å². The van der Waals surface area contributed by atoms with Crippen molar-refractivity contribution < 1.29 is 107 Å². The van der Waals surface area contributed by atoms with E-state index in [-0.39, 0.29) is 27.8 Å². The summed E-state index contributed by atoms with van der Waals surface area (Å²) in [5.41, 5.74) is -1.79. The number of imidazole rings is 1. The van der Waals surface area contributed by atoms with Gasteiger partial charge in [0, 0.05) is 36.0 Å². The summed E-state index contributed by atoms with van der Waals surface area (Å²) in [7, 11) is -24.7. The number of thioether (sulfide) groups is 2. The Balaban J connectivity index is 1.05. The molecule has 2 aliphatic heterocycles. The minimum atomic E-state index is -6.38. The predicted octanol–water partition coefficient (Wildman–Crippen LogP) is 2.18. The fourth-order valence-electron chi connectivity index (χ4n) is 6.33. The Morgan fingerprint density at radius 2 is 1.44 bits per heavy atom. The van der Waals surface area contributed by atoms with Crippen molar-refractivity contribution in [2.45, 2.75) is 66.8 Å². The molecule has 0 bridgehead atoms. The fourth-order valence-corrected chi connectivity index (χ4v) is 12.4. The number of phosphoric acid groups is 4. The first kappa shape index (κ1) is 56.7. The number of ether oxygens (including phenoxy) is 3. The number of hydrogen-bond donors (Lipinski definition) is 10. The third-order valence-corrected chi connectivity index (χ3v) is 16.7. The van der Waals surface area contributed by atoms with Crippen molar-refractivity contribution in [2.24, 2.45) is 0 Å². The van der Waals surface area contributed by atoms with Gasteiger partial charge in [0.05, 0.1) is 26.0 Å². The number of amides is 1. The third kappa shape index (κ3) is 15.7. The SMILES string of the molecule is CSCCNc1nc(SCCC(F)(F)F)nc2c1ncn2[C@@H]1O[C@H](COP(=O)(O)OP(=O)(O)OP(=O)(O)OP(=O)(O)OC[C@@H]2O[C@H](n3ccc(=O)[nH]c3=O)[C@@H](OC(=O)Nc3ccccc3)[C@H]2O)[C@@H](O)[C@H]1O. The van der Waals surface area contributed by atoms with Crippen molar-refractivity contribution in [3.63, 3.8) is 0 Å². The Labute approximate surface area is 403 Å². The number of aliphatic hydroxyl groups is 3. The van der Waals surface area contributed by atoms with Crippen molar-refractivity contribution in [3.8, 4) is 0 Å². The number of halogens is 3. The van der Waals surface area contributed by atoms with Gasteiger partial charge in [-0.15, -0.1) is 0 Å². The number of nitrogens with zero attached hydrogens (tertiary/aromatic N) is 5. The molecule has 10 N–H and O–H groups in total. The predicted molar refractivity (Wildman–Crippen MR) is 236 cm³/mol. The van der Waals surface area contributed by atoms with Gasteiger partial charge in [0.15, 0.2) is 40.7 Å². The van der Waals surface area contributed by atoms with Crippen LogP contribution in [0.15, 0.2) is 63.7 Å². The lowest BCUT2D eigenvalue weighted by atomic mass is 10.1. The number of alkyl halides is 3. The summed E-state index contributed by atoms with van der Waals surface area (Å²) in [6.45, 7) is -2.20. The number of carbonyl (C=O) groups excluding carboxylic acids is 1. The molecule has 2 fully saturated rings. The summed E-state index contributed by atoms with van der Waals surface area (Å²) < 4.78 is 128. The van der Waals surface area contributed by atoms with Crippen LogP contribution in [0.2, 0.25) is 0 Å². The second-order valence-corrected chi connectivity index (χ2v) is 22.8. The highest BCUT2D eigenvalue weighted by Crippen LogP contribution is 2.71. The summed E-state index contributed by atoms with van der Waals surface area (Å²) in [4.78, 5) is 92.0. The highest BCUT2D eigenvalue weighted by atomic mass is 32.2. The quantitative estimate of drug-likeness (QED) is 0.0220. The zero-order valence-electron chi connectivity index (χ0n) is 35.7. The molecule has 1 amide bonds. The van der Waals surface area contributed by atoms with Crippen LogP contribution in [0.25, 0.3) is 11.2 Å². The second kappa shape index (κ2) is 23.3. The van der Waals surface area contributed by atoms with Crippen molar-refractivity contribution in [1.82, 2.24) is 29.1 Å². The number of benzene rings is 1. The lowest BCUT2D eigenvalue weighted by molar-refractivity contribution is -0.129. The van der Waals surface area contributed by atoms with Gasteiger partial charge in [-0.3, -0.25) is 33.3 Å². The van der Waals surface area contributed by atoms with Crippen LogP contribution in [0.1, 0.15) is 18.9 Å². The Morgan fingerprint density at radius 3 is 2.04 bits per heavy atom. The van der Waals surface area contributed by atoms with Gasteiger partial charge < -0.3 is 54.4 Å². The van der Waals surface area contributed by atoms with E-state index in [1.807, 2.05) is 11.2 Å². The normalized spacial score (nSPS) is 26.0. The summed E-state index contributed by atoms with van der Waals surface area (Å²) in [6.07, 6.45) is -17.8. The molecule has 5 heterocycles. The molecule has 0 radical (unpaired) electrons. The molecule has 2 saturated heterocycles. The number of rotatable bonds is 23. The highest BCUT2D eigenvalue weighted by Gasteiger charge is 2.51. The summed E-state index contributed by atoms with van der Waals surface area (Å²) in [5, 5.41) is 37.8. The van der Waals surface area contributed by atoms with Gasteiger partial charge in [-0.25, -0.2) is 42.8 Å². The van der Waals surface area contributed by atoms with Crippen molar-refractivity contribution in [1.29, 1.82) is 0 Å². The van der Waals surface area contributed by atoms with Gasteiger partial charge >= 0.3 is 49.3 Å². The van der Waals surface area contributed by atoms with E-state index >= 15 is 0 Å². The first-order chi connectivity index (χ1) is 33.2. The van der Waals surface area contributed by atoms with E-state index in [9.17, 15) is 80.7 Å². The number of anilines is 2. The largest absolute Gasteiger partial charge is 0.490 e. The number of phosphoric ester groups is 2. The van der Waals surface area contributed by atoms with Crippen molar-refractivity contribution in [3.05, 3.63) is 69.8 Å². The average Bonchev–Trinajstić information content (AvgIpc) is 3.90. The number of carbonyl (C=O) groups is 1. The first-order valence-electron chi connectivity index (χ1n) is 19.8. The van der Waals surface area contributed by atoms with Crippen LogP contribution in [0.4, 0.5) is 29.5 Å².